The molecule has 0 aliphatic rings. The lowest BCUT2D eigenvalue weighted by atomic mass is 10.2. The van der Waals surface area contributed by atoms with Gasteiger partial charge in [-0.25, -0.2) is 0 Å². The summed E-state index contributed by atoms with van der Waals surface area (Å²) in [5.41, 5.74) is 2.93. The van der Waals surface area contributed by atoms with Crippen molar-refractivity contribution in [2.75, 3.05) is 11.6 Å². The fraction of sp³-hybridized carbons (Fsp3) is 0.240. The highest BCUT2D eigenvalue weighted by Crippen LogP contribution is 2.29. The minimum absolute atomic E-state index is 0.103. The zero-order valence-corrected chi connectivity index (χ0v) is 19.4. The summed E-state index contributed by atoms with van der Waals surface area (Å²) in [6.07, 6.45) is 4.32. The average molecular weight is 447 g/mol. The number of rotatable bonds is 6. The van der Waals surface area contributed by atoms with E-state index in [0.717, 1.165) is 27.4 Å². The molecule has 0 aliphatic carbocycles. The summed E-state index contributed by atoms with van der Waals surface area (Å²) < 4.78 is 3.38. The molecule has 2 heterocycles. The van der Waals surface area contributed by atoms with Crippen molar-refractivity contribution < 1.29 is 4.79 Å². The number of amides is 1. The Morgan fingerprint density at radius 1 is 1.09 bits per heavy atom. The molecule has 0 saturated heterocycles. The van der Waals surface area contributed by atoms with E-state index < -0.39 is 6.04 Å². The molecule has 2 aromatic heterocycles. The van der Waals surface area contributed by atoms with Crippen LogP contribution in [0.5, 0.6) is 0 Å². The second kappa shape index (κ2) is 9.04. The third kappa shape index (κ3) is 3.84. The number of carbonyl (C=O) groups is 1. The van der Waals surface area contributed by atoms with Crippen LogP contribution in [-0.2, 0) is 4.79 Å². The van der Waals surface area contributed by atoms with E-state index in [1.165, 1.54) is 4.68 Å². The van der Waals surface area contributed by atoms with Gasteiger partial charge in [0, 0.05) is 27.4 Å². The van der Waals surface area contributed by atoms with Crippen molar-refractivity contribution in [1.82, 2.24) is 14.3 Å². The summed E-state index contributed by atoms with van der Waals surface area (Å²) in [5, 5.41) is 8.81. The molecule has 0 bridgehead atoms. The van der Waals surface area contributed by atoms with E-state index >= 15 is 0 Å². The molecule has 6 nitrogen and oxygen atoms in total. The van der Waals surface area contributed by atoms with Crippen LogP contribution in [0.1, 0.15) is 30.8 Å². The maximum Gasteiger partial charge on any atom is 0.281 e. The summed E-state index contributed by atoms with van der Waals surface area (Å²) in [7, 11) is 0. The van der Waals surface area contributed by atoms with Crippen LogP contribution in [0.2, 0.25) is 0 Å². The molecule has 0 saturated carbocycles. The molecule has 2 aromatic carbocycles. The van der Waals surface area contributed by atoms with Crippen molar-refractivity contribution in [1.29, 1.82) is 0 Å². The first-order chi connectivity index (χ1) is 15.5. The van der Waals surface area contributed by atoms with Crippen molar-refractivity contribution in [3.63, 3.8) is 0 Å². The van der Waals surface area contributed by atoms with E-state index in [-0.39, 0.29) is 11.5 Å². The number of para-hydroxylation sites is 1. The molecule has 0 aliphatic heterocycles. The molecule has 164 valence electrons. The zero-order chi connectivity index (χ0) is 22.8. The molecule has 1 atom stereocenters. The molecule has 0 fully saturated rings. The molecule has 7 heteroatoms. The number of thioether (sulfide) groups is 1. The second-order valence-corrected chi connectivity index (χ2v) is 8.55. The Bertz CT molecular complexity index is 1340. The van der Waals surface area contributed by atoms with E-state index in [9.17, 15) is 9.59 Å². The van der Waals surface area contributed by atoms with E-state index in [2.05, 4.69) is 10.4 Å². The zero-order valence-electron chi connectivity index (χ0n) is 18.6. The summed E-state index contributed by atoms with van der Waals surface area (Å²) in [5.74, 6) is -0.103. The van der Waals surface area contributed by atoms with Gasteiger partial charge in [0.2, 0.25) is 5.91 Å². The van der Waals surface area contributed by atoms with Crippen LogP contribution in [0.3, 0.4) is 0 Å². The largest absolute Gasteiger partial charge is 0.335 e. The SMILES string of the molecule is CCC(C(=O)Nc1cccc(SC)c1)n1c(C)c2cnn(-c3ccccc3)c(=O)c2c1C. The van der Waals surface area contributed by atoms with Gasteiger partial charge in [0.25, 0.3) is 5.56 Å². The molecular weight excluding hydrogens is 420 g/mol. The maximum atomic E-state index is 13.3. The van der Waals surface area contributed by atoms with Crippen LogP contribution < -0.4 is 10.9 Å². The molecule has 32 heavy (non-hydrogen) atoms. The summed E-state index contributed by atoms with van der Waals surface area (Å²) in [6.45, 7) is 5.82. The van der Waals surface area contributed by atoms with Crippen molar-refractivity contribution in [2.24, 2.45) is 0 Å². The number of benzene rings is 2. The fourth-order valence-corrected chi connectivity index (χ4v) is 4.67. The van der Waals surface area contributed by atoms with Gasteiger partial charge in [-0.2, -0.15) is 9.78 Å². The van der Waals surface area contributed by atoms with Gasteiger partial charge in [0.15, 0.2) is 0 Å². The number of nitrogens with zero attached hydrogens (tertiary/aromatic N) is 3. The highest BCUT2D eigenvalue weighted by Gasteiger charge is 2.26. The van der Waals surface area contributed by atoms with Gasteiger partial charge in [0.05, 0.1) is 17.3 Å². The highest BCUT2D eigenvalue weighted by molar-refractivity contribution is 7.98. The quantitative estimate of drug-likeness (QED) is 0.418. The maximum absolute atomic E-state index is 13.3. The first-order valence-electron chi connectivity index (χ1n) is 10.6. The second-order valence-electron chi connectivity index (χ2n) is 7.67. The summed E-state index contributed by atoms with van der Waals surface area (Å²) >= 11 is 1.63. The molecule has 1 N–H and O–H groups in total. The number of hydrogen-bond acceptors (Lipinski definition) is 4. The molecule has 1 amide bonds. The van der Waals surface area contributed by atoms with Gasteiger partial charge < -0.3 is 9.88 Å². The van der Waals surface area contributed by atoms with Gasteiger partial charge in [-0.3, -0.25) is 9.59 Å². The third-order valence-electron chi connectivity index (χ3n) is 5.79. The Labute approximate surface area is 191 Å². The van der Waals surface area contributed by atoms with E-state index in [0.29, 0.717) is 17.5 Å². The van der Waals surface area contributed by atoms with Crippen LogP contribution in [0.15, 0.2) is 70.5 Å². The Morgan fingerprint density at radius 3 is 2.53 bits per heavy atom. The van der Waals surface area contributed by atoms with Crippen molar-refractivity contribution in [3.05, 3.63) is 82.5 Å². The third-order valence-corrected chi connectivity index (χ3v) is 6.52. The van der Waals surface area contributed by atoms with Crippen LogP contribution in [0.25, 0.3) is 16.5 Å². The number of carbonyl (C=O) groups excluding carboxylic acids is 1. The Hall–Kier alpha value is -3.32. The van der Waals surface area contributed by atoms with Gasteiger partial charge >= 0.3 is 0 Å². The van der Waals surface area contributed by atoms with Gasteiger partial charge in [0.1, 0.15) is 6.04 Å². The van der Waals surface area contributed by atoms with E-state index in [4.69, 9.17) is 0 Å². The number of nitrogens with one attached hydrogen (secondary N) is 1. The van der Waals surface area contributed by atoms with Gasteiger partial charge in [-0.1, -0.05) is 31.2 Å². The van der Waals surface area contributed by atoms with Crippen molar-refractivity contribution >= 4 is 34.1 Å². The Balaban J connectivity index is 1.78. The lowest BCUT2D eigenvalue weighted by Crippen LogP contribution is -2.27. The first kappa shape index (κ1) is 21.9. The number of hydrogen-bond donors (Lipinski definition) is 1. The standard InChI is InChI=1S/C25H26N4O2S/c1-5-22(24(30)27-18-10-9-13-20(14-18)32-4)28-16(2)21-15-26-29(19-11-7-6-8-12-19)25(31)23(21)17(28)3/h6-15,22H,5H2,1-4H3,(H,27,30). The number of fused-ring (bicyclic) bond motifs is 1. The van der Waals surface area contributed by atoms with Crippen molar-refractivity contribution in [2.45, 2.75) is 38.1 Å². The monoisotopic (exact) mass is 446 g/mol. The molecule has 4 rings (SSSR count). The molecule has 1 unspecified atom stereocenters. The molecule has 0 spiro atoms. The van der Waals surface area contributed by atoms with Crippen LogP contribution in [0, 0.1) is 13.8 Å². The van der Waals surface area contributed by atoms with E-state index in [1.807, 2.05) is 86.2 Å². The topological polar surface area (TPSA) is 68.9 Å². The average Bonchev–Trinajstić information content (AvgIpc) is 3.06. The molecular formula is C25H26N4O2S. The van der Waals surface area contributed by atoms with Gasteiger partial charge in [-0.05, 0) is 56.9 Å². The molecule has 0 radical (unpaired) electrons. The Kier molecular flexibility index (Phi) is 6.19. The normalized spacial score (nSPS) is 12.1. The molecule has 4 aromatic rings. The first-order valence-corrected chi connectivity index (χ1v) is 11.8. The number of aryl methyl sites for hydroxylation is 2. The van der Waals surface area contributed by atoms with E-state index in [1.54, 1.807) is 18.0 Å². The number of anilines is 1. The van der Waals surface area contributed by atoms with Crippen molar-refractivity contribution in [3.8, 4) is 5.69 Å². The summed E-state index contributed by atoms with van der Waals surface area (Å²) in [6, 6.07) is 16.7. The fourth-order valence-electron chi connectivity index (χ4n) is 4.21. The number of aromatic nitrogens is 3. The lowest BCUT2D eigenvalue weighted by Gasteiger charge is -2.21. The van der Waals surface area contributed by atoms with Gasteiger partial charge in [-0.15, -0.1) is 11.8 Å². The predicted molar refractivity (Wildman–Crippen MR) is 131 cm³/mol. The minimum Gasteiger partial charge on any atom is -0.335 e. The lowest BCUT2D eigenvalue weighted by molar-refractivity contribution is -0.119. The highest BCUT2D eigenvalue weighted by atomic mass is 32.2. The minimum atomic E-state index is -0.440. The van der Waals surface area contributed by atoms with Crippen LogP contribution >= 0.6 is 11.8 Å². The Morgan fingerprint density at radius 2 is 1.84 bits per heavy atom. The smallest absolute Gasteiger partial charge is 0.281 e. The van der Waals surface area contributed by atoms with Crippen LogP contribution in [-0.4, -0.2) is 26.5 Å². The predicted octanol–water partition coefficient (Wildman–Crippen LogP) is 5.12. The van der Waals surface area contributed by atoms with Crippen LogP contribution in [0.4, 0.5) is 5.69 Å². The summed E-state index contributed by atoms with van der Waals surface area (Å²) in [4.78, 5) is 27.7.